The van der Waals surface area contributed by atoms with E-state index in [4.69, 9.17) is 11.6 Å². The first-order valence-electron chi connectivity index (χ1n) is 6.84. The monoisotopic (exact) mass is 322 g/mol. The molecule has 0 bridgehead atoms. The summed E-state index contributed by atoms with van der Waals surface area (Å²) in [5.41, 5.74) is 1.96. The van der Waals surface area contributed by atoms with E-state index in [1.807, 2.05) is 17.0 Å². The lowest BCUT2D eigenvalue weighted by molar-refractivity contribution is -0.144. The number of aryl methyl sites for hydroxylation is 1. The van der Waals surface area contributed by atoms with E-state index in [1.54, 1.807) is 12.1 Å². The van der Waals surface area contributed by atoms with Crippen LogP contribution < -0.4 is 0 Å². The third-order valence-corrected chi connectivity index (χ3v) is 6.15. The van der Waals surface area contributed by atoms with E-state index in [1.165, 1.54) is 10.4 Å². The van der Waals surface area contributed by atoms with Crippen molar-refractivity contribution < 1.29 is 9.90 Å². The lowest BCUT2D eigenvalue weighted by Gasteiger charge is -2.31. The predicted molar refractivity (Wildman–Crippen MR) is 85.8 cm³/mol. The lowest BCUT2D eigenvalue weighted by Crippen LogP contribution is -2.37. The molecular weight excluding hydrogens is 306 g/mol. The Morgan fingerprint density at radius 2 is 2.14 bits per heavy atom. The molecule has 1 N–H and O–H groups in total. The summed E-state index contributed by atoms with van der Waals surface area (Å²) in [5.74, 6) is -0.843. The van der Waals surface area contributed by atoms with E-state index >= 15 is 0 Å². The Hall–Kier alpha value is -1.36. The van der Waals surface area contributed by atoms with Crippen LogP contribution in [0.2, 0.25) is 5.02 Å². The van der Waals surface area contributed by atoms with Gasteiger partial charge in [0.15, 0.2) is 4.88 Å². The van der Waals surface area contributed by atoms with Crippen molar-refractivity contribution in [2.75, 3.05) is 6.54 Å². The fraction of sp³-hybridized carbons (Fsp3) is 0.312. The first-order chi connectivity index (χ1) is 10.1. The van der Waals surface area contributed by atoms with Crippen molar-refractivity contribution in [3.05, 3.63) is 56.7 Å². The summed E-state index contributed by atoms with van der Waals surface area (Å²) in [6, 6.07) is 8.69. The highest BCUT2D eigenvalue weighted by molar-refractivity contribution is 7.28. The summed E-state index contributed by atoms with van der Waals surface area (Å²) in [4.78, 5) is 15.3. The molecule has 0 saturated carbocycles. The quantitative estimate of drug-likeness (QED) is 0.874. The number of nitrogens with zero attached hydrogens (tertiary/aromatic N) is 1. The van der Waals surface area contributed by atoms with Crippen LogP contribution in [0.4, 0.5) is 0 Å². The van der Waals surface area contributed by atoms with Crippen molar-refractivity contribution in [1.29, 1.82) is 0 Å². The van der Waals surface area contributed by atoms with Crippen LogP contribution in [0, 0.1) is 0 Å². The van der Waals surface area contributed by atoms with E-state index in [-0.39, 0.29) is 10.5 Å². The van der Waals surface area contributed by atoms with E-state index in [9.17, 15) is 9.90 Å². The Labute approximate surface area is 131 Å². The van der Waals surface area contributed by atoms with E-state index in [2.05, 4.69) is 17.7 Å². The van der Waals surface area contributed by atoms with Gasteiger partial charge < -0.3 is 5.11 Å². The lowest BCUT2D eigenvalue weighted by atomic mass is 10.0. The van der Waals surface area contributed by atoms with E-state index in [0.717, 1.165) is 13.0 Å². The minimum atomic E-state index is -0.843. The van der Waals surface area contributed by atoms with Crippen molar-refractivity contribution in [3.63, 3.8) is 0 Å². The second-order valence-electron chi connectivity index (χ2n) is 5.29. The standard InChI is InChI=1S/C16H16ClNO2S/c1-21-9-7-11-10-18(8-6-14(11)21)15(16(19)20)12-4-2-3-5-13(12)17/h2-5,7,9,15H,6,8,10H2,1H3/p+1. The van der Waals surface area contributed by atoms with Crippen LogP contribution in [-0.2, 0) is 24.0 Å². The molecule has 110 valence electrons. The Morgan fingerprint density at radius 1 is 1.38 bits per heavy atom. The third-order valence-electron chi connectivity index (χ3n) is 4.02. The SMILES string of the molecule is C[s+]1ccc2c1CCN(C(C(=O)O)c1ccccc1Cl)C2. The first kappa shape index (κ1) is 14.6. The smallest absolute Gasteiger partial charge is 0.325 e. The molecular formula is C16H17ClNO2S+. The molecule has 0 fully saturated rings. The minimum Gasteiger partial charge on any atom is -0.480 e. The molecule has 1 aliphatic rings. The molecule has 2 aromatic rings. The molecule has 2 heterocycles. The highest BCUT2D eigenvalue weighted by Crippen LogP contribution is 2.36. The largest absolute Gasteiger partial charge is 0.480 e. The van der Waals surface area contributed by atoms with Gasteiger partial charge >= 0.3 is 5.97 Å². The summed E-state index contributed by atoms with van der Waals surface area (Å²) in [6.45, 7) is 1.45. The number of rotatable bonds is 3. The van der Waals surface area contributed by atoms with Crippen LogP contribution in [0.25, 0.3) is 0 Å². The molecule has 0 aliphatic carbocycles. The fourth-order valence-electron chi connectivity index (χ4n) is 2.97. The topological polar surface area (TPSA) is 40.5 Å². The molecule has 2 unspecified atom stereocenters. The van der Waals surface area contributed by atoms with Gasteiger partial charge in [-0.25, -0.2) is 0 Å². The maximum absolute atomic E-state index is 11.8. The molecule has 2 atom stereocenters. The average molecular weight is 323 g/mol. The zero-order chi connectivity index (χ0) is 15.0. The van der Waals surface area contributed by atoms with Crippen LogP contribution >= 0.6 is 22.1 Å². The molecule has 3 rings (SSSR count). The molecule has 0 saturated heterocycles. The number of carboxylic acid groups (broad SMARTS) is 1. The first-order valence-corrected chi connectivity index (χ1v) is 8.91. The Morgan fingerprint density at radius 3 is 2.86 bits per heavy atom. The van der Waals surface area contributed by atoms with Crippen LogP contribution in [-0.4, -0.2) is 22.5 Å². The summed E-state index contributed by atoms with van der Waals surface area (Å²) in [6.07, 6.45) is 3.16. The summed E-state index contributed by atoms with van der Waals surface area (Å²) >= 11 is 6.20. The normalized spacial score (nSPS) is 17.3. The number of aliphatic carboxylic acids is 1. The second-order valence-corrected chi connectivity index (χ2v) is 7.58. The maximum atomic E-state index is 11.8. The number of hydrogen-bond donors (Lipinski definition) is 1. The molecule has 0 radical (unpaired) electrons. The highest BCUT2D eigenvalue weighted by Gasteiger charge is 2.34. The molecule has 1 aromatic heterocycles. The number of thiophene rings is 1. The number of hydrogen-bond acceptors (Lipinski definition) is 2. The van der Waals surface area contributed by atoms with Gasteiger partial charge in [0.25, 0.3) is 0 Å². The van der Waals surface area contributed by atoms with Crippen LogP contribution in [0.1, 0.15) is 22.0 Å². The zero-order valence-corrected chi connectivity index (χ0v) is 13.3. The van der Waals surface area contributed by atoms with Crippen molar-refractivity contribution >= 4 is 28.0 Å². The molecule has 1 aromatic carbocycles. The summed E-state index contributed by atoms with van der Waals surface area (Å²) in [7, 11) is 0.222. The predicted octanol–water partition coefficient (Wildman–Crippen LogP) is 3.81. The van der Waals surface area contributed by atoms with Crippen LogP contribution in [0.15, 0.2) is 35.7 Å². The number of halogens is 1. The van der Waals surface area contributed by atoms with Gasteiger partial charge in [0.2, 0.25) is 0 Å². The van der Waals surface area contributed by atoms with Gasteiger partial charge in [0.1, 0.15) is 17.7 Å². The van der Waals surface area contributed by atoms with Crippen molar-refractivity contribution in [2.45, 2.75) is 19.0 Å². The van der Waals surface area contributed by atoms with Gasteiger partial charge in [0.05, 0.1) is 0 Å². The van der Waals surface area contributed by atoms with Gasteiger partial charge in [-0.2, -0.15) is 0 Å². The average Bonchev–Trinajstić information content (AvgIpc) is 2.82. The Kier molecular flexibility index (Phi) is 4.02. The van der Waals surface area contributed by atoms with Crippen LogP contribution in [0.3, 0.4) is 0 Å². The Bertz CT molecular complexity index is 683. The fourth-order valence-corrected chi connectivity index (χ4v) is 4.71. The zero-order valence-electron chi connectivity index (χ0n) is 11.8. The third kappa shape index (κ3) is 2.71. The maximum Gasteiger partial charge on any atom is 0.325 e. The molecule has 5 heteroatoms. The molecule has 0 spiro atoms. The molecule has 1 aliphatic heterocycles. The summed E-state index contributed by atoms with van der Waals surface area (Å²) in [5, 5.41) is 12.4. The van der Waals surface area contributed by atoms with Gasteiger partial charge in [-0.1, -0.05) is 29.8 Å². The molecule has 21 heavy (non-hydrogen) atoms. The minimum absolute atomic E-state index is 0.222. The summed E-state index contributed by atoms with van der Waals surface area (Å²) < 4.78 is 0. The highest BCUT2D eigenvalue weighted by atomic mass is 35.5. The van der Waals surface area contributed by atoms with Crippen molar-refractivity contribution in [1.82, 2.24) is 4.90 Å². The van der Waals surface area contributed by atoms with Crippen molar-refractivity contribution in [2.24, 2.45) is 6.26 Å². The molecule has 3 nitrogen and oxygen atoms in total. The van der Waals surface area contributed by atoms with Gasteiger partial charge in [-0.15, -0.1) is 0 Å². The number of carboxylic acids is 1. The molecule has 0 amide bonds. The number of carbonyl (C=O) groups is 1. The van der Waals surface area contributed by atoms with E-state index < -0.39 is 12.0 Å². The van der Waals surface area contributed by atoms with Crippen LogP contribution in [0.5, 0.6) is 0 Å². The van der Waals surface area contributed by atoms with Crippen molar-refractivity contribution in [3.8, 4) is 0 Å². The Balaban J connectivity index is 1.93. The van der Waals surface area contributed by atoms with E-state index in [0.29, 0.717) is 17.1 Å². The second kappa shape index (κ2) is 5.79. The van der Waals surface area contributed by atoms with Gasteiger partial charge in [-0.3, -0.25) is 9.69 Å². The van der Waals surface area contributed by atoms with Gasteiger partial charge in [0, 0.05) is 30.1 Å². The van der Waals surface area contributed by atoms with Gasteiger partial charge in [-0.05, 0) is 28.2 Å². The number of fused-ring (bicyclic) bond motifs is 1. The number of benzene rings is 1.